The van der Waals surface area contributed by atoms with Crippen LogP contribution in [-0.4, -0.2) is 33.0 Å². The third kappa shape index (κ3) is 10.6. The lowest BCUT2D eigenvalue weighted by Crippen LogP contribution is -2.27. The van der Waals surface area contributed by atoms with Gasteiger partial charge in [-0.1, -0.05) is 59.1 Å². The molecule has 0 aromatic heterocycles. The van der Waals surface area contributed by atoms with Crippen LogP contribution in [0, 0.1) is 0 Å². The van der Waals surface area contributed by atoms with Gasteiger partial charge in [-0.2, -0.15) is 8.42 Å². The van der Waals surface area contributed by atoms with Crippen LogP contribution in [0.3, 0.4) is 0 Å². The van der Waals surface area contributed by atoms with Gasteiger partial charge in [-0.15, -0.1) is 0 Å². The zero-order chi connectivity index (χ0) is 17.1. The second kappa shape index (κ2) is 12.3. The second-order valence-corrected chi connectivity index (χ2v) is 7.24. The number of nitrogens with one attached hydrogen (secondary N) is 1. The molecule has 0 aliphatic heterocycles. The number of hydrogen-bond acceptors (Lipinski definition) is 3. The molecule has 0 radical (unpaired) electrons. The first kappa shape index (κ1) is 22.9. The maximum Gasteiger partial charge on any atom is 0.296 e. The summed E-state index contributed by atoms with van der Waals surface area (Å²) in [6.07, 6.45) is 7.52. The summed E-state index contributed by atoms with van der Waals surface area (Å²) in [4.78, 5) is 2.47. The zero-order valence-electron chi connectivity index (χ0n) is 14.4. The Morgan fingerprint density at radius 2 is 1.62 bits per heavy atom. The average molecular weight is 358 g/mol. The molecule has 1 rings (SSSR count). The van der Waals surface area contributed by atoms with E-state index in [-0.39, 0.29) is 7.43 Å². The standard InChI is InChI=1S/C17H31N3O2S.CH4/c1-3-5-6-7-8-14-20(4-2)15-13-16-9-11-17(12-10-16)19-23(18,21)22;/h9-12,19H,3-8,13-15H2,1-2H3,(H2,18,21,22);1H4. The van der Waals surface area contributed by atoms with Gasteiger partial charge in [0.1, 0.15) is 0 Å². The van der Waals surface area contributed by atoms with Crippen molar-refractivity contribution >= 4 is 15.9 Å². The Labute approximate surface area is 148 Å². The Balaban J connectivity index is 0.00000529. The van der Waals surface area contributed by atoms with Gasteiger partial charge in [0.05, 0.1) is 0 Å². The predicted molar refractivity (Wildman–Crippen MR) is 104 cm³/mol. The molecule has 0 heterocycles. The molecule has 0 amide bonds. The minimum absolute atomic E-state index is 0. The van der Waals surface area contributed by atoms with Crippen LogP contribution in [0.5, 0.6) is 0 Å². The summed E-state index contributed by atoms with van der Waals surface area (Å²) >= 11 is 0. The third-order valence-electron chi connectivity index (χ3n) is 3.96. The van der Waals surface area contributed by atoms with Gasteiger partial charge in [0, 0.05) is 12.2 Å². The molecule has 0 atom stereocenters. The van der Waals surface area contributed by atoms with Crippen molar-refractivity contribution in [1.82, 2.24) is 4.90 Å². The van der Waals surface area contributed by atoms with E-state index in [1.165, 1.54) is 37.7 Å². The highest BCUT2D eigenvalue weighted by molar-refractivity contribution is 7.90. The number of likely N-dealkylation sites (N-methyl/N-ethyl adjacent to an activating group) is 1. The number of anilines is 1. The van der Waals surface area contributed by atoms with Gasteiger partial charge in [0.25, 0.3) is 10.2 Å². The Kier molecular flexibility index (Phi) is 11.7. The molecule has 0 spiro atoms. The summed E-state index contributed by atoms with van der Waals surface area (Å²) in [5.74, 6) is 0. The molecule has 0 aliphatic rings. The summed E-state index contributed by atoms with van der Waals surface area (Å²) in [5, 5.41) is 4.95. The highest BCUT2D eigenvalue weighted by atomic mass is 32.2. The molecule has 5 nitrogen and oxygen atoms in total. The van der Waals surface area contributed by atoms with Gasteiger partial charge < -0.3 is 4.90 Å². The second-order valence-electron chi connectivity index (χ2n) is 5.94. The number of nitrogens with two attached hydrogens (primary N) is 1. The van der Waals surface area contributed by atoms with Crippen molar-refractivity contribution in [3.63, 3.8) is 0 Å². The number of hydrogen-bond donors (Lipinski definition) is 2. The minimum atomic E-state index is -3.70. The van der Waals surface area contributed by atoms with Gasteiger partial charge in [0.15, 0.2) is 0 Å². The predicted octanol–water partition coefficient (Wildman–Crippen LogP) is 3.77. The molecule has 1 aromatic rings. The van der Waals surface area contributed by atoms with Crippen molar-refractivity contribution in [3.05, 3.63) is 29.8 Å². The molecule has 0 bridgehead atoms. The number of unbranched alkanes of at least 4 members (excludes halogenated alkanes) is 4. The lowest BCUT2D eigenvalue weighted by Gasteiger charge is -2.20. The van der Waals surface area contributed by atoms with Crippen molar-refractivity contribution in [2.45, 2.75) is 59.8 Å². The third-order valence-corrected chi connectivity index (χ3v) is 4.48. The van der Waals surface area contributed by atoms with Crippen LogP contribution in [0.1, 0.15) is 58.9 Å². The topological polar surface area (TPSA) is 75.4 Å². The van der Waals surface area contributed by atoms with Gasteiger partial charge in [0.2, 0.25) is 0 Å². The summed E-state index contributed by atoms with van der Waals surface area (Å²) < 4.78 is 24.2. The van der Waals surface area contributed by atoms with E-state index < -0.39 is 10.2 Å². The van der Waals surface area contributed by atoms with Gasteiger partial charge in [-0.05, 0) is 43.6 Å². The van der Waals surface area contributed by atoms with Gasteiger partial charge >= 0.3 is 0 Å². The Bertz CT molecular complexity index is 530. The average Bonchev–Trinajstić information content (AvgIpc) is 2.50. The maximum absolute atomic E-state index is 11.0. The summed E-state index contributed by atoms with van der Waals surface area (Å²) in [6, 6.07) is 7.40. The Hall–Kier alpha value is -1.11. The fraction of sp³-hybridized carbons (Fsp3) is 0.667. The SMILES string of the molecule is C.CCCCCCCN(CC)CCc1ccc(NS(N)(=O)=O)cc1. The number of nitrogens with zero attached hydrogens (tertiary/aromatic N) is 1. The van der Waals surface area contributed by atoms with E-state index in [0.717, 1.165) is 26.1 Å². The van der Waals surface area contributed by atoms with Crippen molar-refractivity contribution < 1.29 is 8.42 Å². The quantitative estimate of drug-likeness (QED) is 0.559. The monoisotopic (exact) mass is 357 g/mol. The highest BCUT2D eigenvalue weighted by Gasteiger charge is 2.04. The molecule has 0 saturated heterocycles. The largest absolute Gasteiger partial charge is 0.303 e. The Morgan fingerprint density at radius 1 is 1.00 bits per heavy atom. The first-order valence-electron chi connectivity index (χ1n) is 8.56. The van der Waals surface area contributed by atoms with Crippen LogP contribution in [0.15, 0.2) is 24.3 Å². The van der Waals surface area contributed by atoms with Crippen molar-refractivity contribution in [2.24, 2.45) is 5.14 Å². The smallest absolute Gasteiger partial charge is 0.296 e. The molecule has 6 heteroatoms. The van der Waals surface area contributed by atoms with E-state index in [1.807, 2.05) is 12.1 Å². The van der Waals surface area contributed by atoms with Crippen LogP contribution < -0.4 is 9.86 Å². The molecule has 0 saturated carbocycles. The molecule has 0 fully saturated rings. The summed E-state index contributed by atoms with van der Waals surface area (Å²) in [7, 11) is -3.70. The molecule has 1 aromatic carbocycles. The molecule has 0 aliphatic carbocycles. The molecular weight excluding hydrogens is 322 g/mol. The van der Waals surface area contributed by atoms with Crippen LogP contribution in [0.25, 0.3) is 0 Å². The molecule has 3 N–H and O–H groups in total. The Morgan fingerprint density at radius 3 is 2.17 bits per heavy atom. The molecule has 0 unspecified atom stereocenters. The highest BCUT2D eigenvalue weighted by Crippen LogP contribution is 2.11. The lowest BCUT2D eigenvalue weighted by atomic mass is 10.1. The van der Waals surface area contributed by atoms with E-state index >= 15 is 0 Å². The van der Waals surface area contributed by atoms with Crippen LogP contribution >= 0.6 is 0 Å². The van der Waals surface area contributed by atoms with E-state index in [1.54, 1.807) is 12.1 Å². The zero-order valence-corrected chi connectivity index (χ0v) is 15.2. The van der Waals surface area contributed by atoms with Crippen molar-refractivity contribution in [2.75, 3.05) is 24.4 Å². The van der Waals surface area contributed by atoms with E-state index in [0.29, 0.717) is 5.69 Å². The van der Waals surface area contributed by atoms with Gasteiger partial charge in [-0.25, -0.2) is 5.14 Å². The number of benzene rings is 1. The van der Waals surface area contributed by atoms with Crippen LogP contribution in [0.2, 0.25) is 0 Å². The summed E-state index contributed by atoms with van der Waals surface area (Å²) in [6.45, 7) is 7.70. The minimum Gasteiger partial charge on any atom is -0.303 e. The van der Waals surface area contributed by atoms with E-state index in [9.17, 15) is 8.42 Å². The van der Waals surface area contributed by atoms with Crippen LogP contribution in [-0.2, 0) is 16.6 Å². The van der Waals surface area contributed by atoms with Crippen LogP contribution in [0.4, 0.5) is 5.69 Å². The first-order valence-corrected chi connectivity index (χ1v) is 10.1. The molecular formula is C18H35N3O2S. The van der Waals surface area contributed by atoms with Crippen molar-refractivity contribution in [3.8, 4) is 0 Å². The fourth-order valence-electron chi connectivity index (χ4n) is 2.56. The van der Waals surface area contributed by atoms with Gasteiger partial charge in [-0.3, -0.25) is 4.72 Å². The maximum atomic E-state index is 11.0. The van der Waals surface area contributed by atoms with E-state index in [4.69, 9.17) is 5.14 Å². The summed E-state index contributed by atoms with van der Waals surface area (Å²) in [5.41, 5.74) is 1.70. The first-order chi connectivity index (χ1) is 10.9. The number of rotatable bonds is 12. The van der Waals surface area contributed by atoms with E-state index in [2.05, 4.69) is 23.5 Å². The lowest BCUT2D eigenvalue weighted by molar-refractivity contribution is 0.284. The molecule has 140 valence electrons. The fourth-order valence-corrected chi connectivity index (χ4v) is 3.02. The molecule has 24 heavy (non-hydrogen) atoms. The van der Waals surface area contributed by atoms with Crippen molar-refractivity contribution in [1.29, 1.82) is 0 Å². The normalized spacial score (nSPS) is 11.3.